The summed E-state index contributed by atoms with van der Waals surface area (Å²) < 4.78 is 28.2. The molecule has 2 aromatic carbocycles. The Morgan fingerprint density at radius 3 is 2.00 bits per heavy atom. The zero-order valence-electron chi connectivity index (χ0n) is 19.2. The van der Waals surface area contributed by atoms with Gasteiger partial charge in [0.2, 0.25) is 0 Å². The molecule has 0 amide bonds. The Morgan fingerprint density at radius 1 is 0.938 bits per heavy atom. The molecule has 0 aliphatic rings. The second kappa shape index (κ2) is 12.2. The zero-order chi connectivity index (χ0) is 23.6. The maximum Gasteiger partial charge on any atom is 0.333 e. The van der Waals surface area contributed by atoms with Gasteiger partial charge in [-0.05, 0) is 61.6 Å². The van der Waals surface area contributed by atoms with Crippen LogP contribution >= 0.6 is 0 Å². The van der Waals surface area contributed by atoms with Crippen molar-refractivity contribution in [3.63, 3.8) is 0 Å². The number of anilines is 1. The summed E-state index contributed by atoms with van der Waals surface area (Å²) in [6.07, 6.45) is 9.27. The number of hydrogen-bond acceptors (Lipinski definition) is 5. The van der Waals surface area contributed by atoms with Crippen LogP contribution < -0.4 is 4.90 Å². The topological polar surface area (TPSA) is 63.7 Å². The van der Waals surface area contributed by atoms with Crippen LogP contribution in [0.25, 0.3) is 12.2 Å². The van der Waals surface area contributed by atoms with E-state index >= 15 is 0 Å². The van der Waals surface area contributed by atoms with E-state index in [4.69, 9.17) is 4.74 Å². The van der Waals surface area contributed by atoms with Crippen molar-refractivity contribution in [2.45, 2.75) is 37.5 Å². The number of nitrogens with zero attached hydrogens (tertiary/aromatic N) is 1. The van der Waals surface area contributed by atoms with E-state index in [2.05, 4.69) is 42.8 Å². The summed E-state index contributed by atoms with van der Waals surface area (Å²) in [5, 5.41) is 0. The molecule has 0 fully saturated rings. The number of carbonyl (C=O) groups excluding carboxylic acids is 1. The van der Waals surface area contributed by atoms with E-state index in [9.17, 15) is 13.2 Å². The van der Waals surface area contributed by atoms with E-state index in [0.29, 0.717) is 17.1 Å². The SMILES string of the molecule is C=C(C)C(=O)OCCCCCCN(C)c1ccc(/C=C/c2ccc(S(C)(=O)=O)cc2)cc1. The molecule has 6 heteroatoms. The molecule has 0 atom stereocenters. The lowest BCUT2D eigenvalue weighted by atomic mass is 10.1. The van der Waals surface area contributed by atoms with Crippen LogP contribution in [0, 0.1) is 0 Å². The van der Waals surface area contributed by atoms with Gasteiger partial charge in [0, 0.05) is 31.1 Å². The van der Waals surface area contributed by atoms with Crippen LogP contribution in [0.2, 0.25) is 0 Å². The average molecular weight is 456 g/mol. The van der Waals surface area contributed by atoms with Crippen molar-refractivity contribution in [2.24, 2.45) is 0 Å². The van der Waals surface area contributed by atoms with Gasteiger partial charge in [-0.3, -0.25) is 0 Å². The van der Waals surface area contributed by atoms with Gasteiger partial charge in [-0.25, -0.2) is 13.2 Å². The van der Waals surface area contributed by atoms with Gasteiger partial charge < -0.3 is 9.64 Å². The smallest absolute Gasteiger partial charge is 0.333 e. The Labute approximate surface area is 192 Å². The number of rotatable bonds is 12. The highest BCUT2D eigenvalue weighted by molar-refractivity contribution is 7.90. The van der Waals surface area contributed by atoms with Crippen molar-refractivity contribution in [3.8, 4) is 0 Å². The van der Waals surface area contributed by atoms with Gasteiger partial charge in [0.1, 0.15) is 0 Å². The monoisotopic (exact) mass is 455 g/mol. The maximum atomic E-state index is 11.5. The van der Waals surface area contributed by atoms with Crippen molar-refractivity contribution in [1.29, 1.82) is 0 Å². The summed E-state index contributed by atoms with van der Waals surface area (Å²) in [6.45, 7) is 6.65. The van der Waals surface area contributed by atoms with Crippen LogP contribution in [0.5, 0.6) is 0 Å². The molecule has 0 bridgehead atoms. The third-order valence-electron chi connectivity index (χ3n) is 5.08. The molecule has 172 valence electrons. The van der Waals surface area contributed by atoms with Crippen LogP contribution in [0.3, 0.4) is 0 Å². The lowest BCUT2D eigenvalue weighted by Gasteiger charge is -2.19. The Hall–Kier alpha value is -2.86. The van der Waals surface area contributed by atoms with Gasteiger partial charge in [-0.15, -0.1) is 0 Å². The molecule has 0 aliphatic heterocycles. The predicted octanol–water partition coefficient (Wildman–Crippen LogP) is 5.38. The van der Waals surface area contributed by atoms with Crippen molar-refractivity contribution in [1.82, 2.24) is 0 Å². The fourth-order valence-corrected chi connectivity index (χ4v) is 3.71. The molecule has 0 aromatic heterocycles. The molecule has 0 heterocycles. The van der Waals surface area contributed by atoms with Gasteiger partial charge >= 0.3 is 5.97 Å². The summed E-state index contributed by atoms with van der Waals surface area (Å²) in [5.41, 5.74) is 3.64. The molecule has 0 saturated carbocycles. The Bertz CT molecular complexity index is 1020. The normalized spacial score (nSPS) is 11.5. The highest BCUT2D eigenvalue weighted by atomic mass is 32.2. The number of benzene rings is 2. The lowest BCUT2D eigenvalue weighted by Crippen LogP contribution is -2.18. The Balaban J connectivity index is 1.74. The summed E-state index contributed by atoms with van der Waals surface area (Å²) >= 11 is 0. The lowest BCUT2D eigenvalue weighted by molar-refractivity contribution is -0.139. The van der Waals surface area contributed by atoms with Gasteiger partial charge in [-0.2, -0.15) is 0 Å². The van der Waals surface area contributed by atoms with Crippen LogP contribution in [-0.4, -0.2) is 40.8 Å². The molecule has 32 heavy (non-hydrogen) atoms. The van der Waals surface area contributed by atoms with E-state index < -0.39 is 9.84 Å². The predicted molar refractivity (Wildman–Crippen MR) is 132 cm³/mol. The van der Waals surface area contributed by atoms with Crippen LogP contribution in [0.1, 0.15) is 43.7 Å². The largest absolute Gasteiger partial charge is 0.462 e. The molecular formula is C26H33NO4S. The number of unbranched alkanes of at least 4 members (excludes halogenated alkanes) is 3. The van der Waals surface area contributed by atoms with Crippen molar-refractivity contribution < 1.29 is 17.9 Å². The Morgan fingerprint density at radius 2 is 1.47 bits per heavy atom. The first kappa shape index (κ1) is 25.4. The highest BCUT2D eigenvalue weighted by Crippen LogP contribution is 2.17. The number of sulfone groups is 1. The minimum atomic E-state index is -3.17. The summed E-state index contributed by atoms with van der Waals surface area (Å²) in [5.74, 6) is -0.312. The van der Waals surface area contributed by atoms with E-state index in [1.165, 1.54) is 6.26 Å². The minimum Gasteiger partial charge on any atom is -0.462 e. The summed E-state index contributed by atoms with van der Waals surface area (Å²) in [7, 11) is -1.08. The quantitative estimate of drug-likeness (QED) is 0.186. The molecule has 0 radical (unpaired) electrons. The first-order valence-electron chi connectivity index (χ1n) is 10.8. The second-order valence-corrected chi connectivity index (χ2v) is 10.0. The van der Waals surface area contributed by atoms with E-state index in [0.717, 1.165) is 49.0 Å². The molecule has 5 nitrogen and oxygen atoms in total. The molecule has 2 rings (SSSR count). The first-order valence-corrected chi connectivity index (χ1v) is 12.7. The number of esters is 1. The fourth-order valence-electron chi connectivity index (χ4n) is 3.08. The van der Waals surface area contributed by atoms with Crippen molar-refractivity contribution in [2.75, 3.05) is 31.4 Å². The minimum absolute atomic E-state index is 0.312. The Kier molecular flexibility index (Phi) is 9.72. The van der Waals surface area contributed by atoms with Gasteiger partial charge in [0.15, 0.2) is 9.84 Å². The van der Waals surface area contributed by atoms with Crippen molar-refractivity contribution >= 4 is 33.6 Å². The van der Waals surface area contributed by atoms with Gasteiger partial charge in [0.25, 0.3) is 0 Å². The third kappa shape index (κ3) is 8.71. The maximum absolute atomic E-state index is 11.5. The molecule has 2 aromatic rings. The molecule has 0 N–H and O–H groups in total. The van der Waals surface area contributed by atoms with E-state index in [-0.39, 0.29) is 5.97 Å². The number of ether oxygens (including phenoxy) is 1. The zero-order valence-corrected chi connectivity index (χ0v) is 20.0. The fraction of sp³-hybridized carbons (Fsp3) is 0.346. The molecule has 0 spiro atoms. The van der Waals surface area contributed by atoms with Crippen molar-refractivity contribution in [3.05, 3.63) is 71.8 Å². The standard InChI is InChI=1S/C26H33NO4S/c1-21(2)26(28)31-20-8-6-5-7-19-27(3)24-15-11-22(12-16-24)9-10-23-13-17-25(18-14-23)32(4,29)30/h9-18H,1,5-8,19-20H2,2-4H3/b10-9+. The second-order valence-electron chi connectivity index (χ2n) is 8.02. The molecule has 0 unspecified atom stereocenters. The van der Waals surface area contributed by atoms with E-state index in [1.807, 2.05) is 12.2 Å². The van der Waals surface area contributed by atoms with Crippen LogP contribution in [0.15, 0.2) is 65.6 Å². The highest BCUT2D eigenvalue weighted by Gasteiger charge is 2.05. The van der Waals surface area contributed by atoms with Gasteiger partial charge in [-0.1, -0.05) is 49.4 Å². The van der Waals surface area contributed by atoms with E-state index in [1.54, 1.807) is 31.2 Å². The van der Waals surface area contributed by atoms with Crippen LogP contribution in [0.4, 0.5) is 5.69 Å². The summed E-state index contributed by atoms with van der Waals surface area (Å²) in [6, 6.07) is 15.2. The number of hydrogen-bond donors (Lipinski definition) is 0. The molecule has 0 saturated heterocycles. The number of carbonyl (C=O) groups is 1. The first-order chi connectivity index (χ1) is 15.2. The molecular weight excluding hydrogens is 422 g/mol. The molecule has 0 aliphatic carbocycles. The van der Waals surface area contributed by atoms with Gasteiger partial charge in [0.05, 0.1) is 11.5 Å². The van der Waals surface area contributed by atoms with Crippen LogP contribution in [-0.2, 0) is 19.4 Å². The third-order valence-corrected chi connectivity index (χ3v) is 6.21. The average Bonchev–Trinajstić information content (AvgIpc) is 2.76. The summed E-state index contributed by atoms with van der Waals surface area (Å²) in [4.78, 5) is 13.9.